The number of para-hydroxylation sites is 1. The lowest BCUT2D eigenvalue weighted by atomic mass is 10.2. The largest absolute Gasteiger partial charge is 0.321 e. The molecule has 5 rings (SSSR count). The van der Waals surface area contributed by atoms with E-state index in [9.17, 15) is 0 Å². The molecule has 3 aromatic heterocycles. The van der Waals surface area contributed by atoms with Crippen LogP contribution in [0.2, 0.25) is 5.02 Å². The summed E-state index contributed by atoms with van der Waals surface area (Å²) in [6.45, 7) is 0.797. The van der Waals surface area contributed by atoms with Gasteiger partial charge >= 0.3 is 0 Å². The maximum Gasteiger partial charge on any atom is 0.146 e. The van der Waals surface area contributed by atoms with Crippen LogP contribution in [0.1, 0.15) is 5.56 Å². The zero-order chi connectivity index (χ0) is 16.1. The molecule has 0 atom stereocenters. The van der Waals surface area contributed by atoms with Gasteiger partial charge in [-0.2, -0.15) is 0 Å². The van der Waals surface area contributed by atoms with Crippen molar-refractivity contribution in [2.75, 3.05) is 0 Å². The monoisotopic (exact) mass is 331 g/mol. The van der Waals surface area contributed by atoms with Crippen LogP contribution in [0.15, 0.2) is 72.9 Å². The first-order chi connectivity index (χ1) is 11.8. The Balaban J connectivity index is 1.90. The third-order valence-electron chi connectivity index (χ3n) is 4.45. The molecular weight excluding hydrogens is 318 g/mol. The van der Waals surface area contributed by atoms with Gasteiger partial charge in [-0.25, -0.2) is 4.98 Å². The molecule has 0 bridgehead atoms. The minimum Gasteiger partial charge on any atom is -0.321 e. The predicted octanol–water partition coefficient (Wildman–Crippen LogP) is 5.14. The molecule has 0 saturated carbocycles. The molecule has 24 heavy (non-hydrogen) atoms. The summed E-state index contributed by atoms with van der Waals surface area (Å²) in [5, 5.41) is 1.88. The van der Waals surface area contributed by atoms with Gasteiger partial charge in [-0.05, 0) is 23.8 Å². The second-order valence-corrected chi connectivity index (χ2v) is 6.38. The highest BCUT2D eigenvalue weighted by Gasteiger charge is 2.16. The van der Waals surface area contributed by atoms with Crippen LogP contribution in [0, 0.1) is 0 Å². The molecule has 5 aromatic rings. The highest BCUT2D eigenvalue weighted by molar-refractivity contribution is 6.30. The first-order valence-electron chi connectivity index (χ1n) is 7.90. The zero-order valence-corrected chi connectivity index (χ0v) is 13.6. The van der Waals surface area contributed by atoms with Crippen molar-refractivity contribution in [2.45, 2.75) is 6.54 Å². The summed E-state index contributed by atoms with van der Waals surface area (Å²) in [6.07, 6.45) is 1.94. The lowest BCUT2D eigenvalue weighted by Gasteiger charge is -2.08. The highest BCUT2D eigenvalue weighted by Crippen LogP contribution is 2.30. The van der Waals surface area contributed by atoms with E-state index in [1.54, 1.807) is 0 Å². The van der Waals surface area contributed by atoms with Gasteiger partial charge in [0.05, 0.1) is 10.5 Å². The normalized spacial score (nSPS) is 11.7. The van der Waals surface area contributed by atoms with E-state index in [1.165, 1.54) is 16.5 Å². The summed E-state index contributed by atoms with van der Waals surface area (Å²) in [4.78, 5) is 4.83. The molecule has 0 aliphatic rings. The molecule has 2 aromatic carbocycles. The number of hydrogen-bond donors (Lipinski definition) is 0. The van der Waals surface area contributed by atoms with Gasteiger partial charge in [-0.3, -0.25) is 4.40 Å². The third-order valence-corrected chi connectivity index (χ3v) is 4.67. The Morgan fingerprint density at radius 3 is 2.54 bits per heavy atom. The lowest BCUT2D eigenvalue weighted by molar-refractivity contribution is 0.850. The van der Waals surface area contributed by atoms with E-state index in [-0.39, 0.29) is 0 Å². The number of fused-ring (bicyclic) bond motifs is 5. The van der Waals surface area contributed by atoms with Gasteiger partial charge in [0.15, 0.2) is 0 Å². The molecule has 0 fully saturated rings. The second-order valence-electron chi connectivity index (χ2n) is 5.95. The lowest BCUT2D eigenvalue weighted by Crippen LogP contribution is -2.01. The van der Waals surface area contributed by atoms with E-state index < -0.39 is 0 Å². The van der Waals surface area contributed by atoms with Crippen molar-refractivity contribution in [1.29, 1.82) is 0 Å². The first kappa shape index (κ1) is 13.6. The van der Waals surface area contributed by atoms with Crippen LogP contribution < -0.4 is 0 Å². The summed E-state index contributed by atoms with van der Waals surface area (Å²) < 4.78 is 4.40. The van der Waals surface area contributed by atoms with Gasteiger partial charge in [0.25, 0.3) is 0 Å². The standard InChI is InChI=1S/C20H14ClN3/c21-15-10-11-18-22-19-16-8-4-5-9-17(16)23(20(19)24(18)13-15)12-14-6-2-1-3-7-14/h1-11,13H,12H2. The Kier molecular flexibility index (Phi) is 2.91. The van der Waals surface area contributed by atoms with Crippen molar-refractivity contribution in [2.24, 2.45) is 0 Å². The number of imidazole rings is 1. The smallest absolute Gasteiger partial charge is 0.146 e. The molecule has 0 aliphatic carbocycles. The number of halogens is 1. The third kappa shape index (κ3) is 1.95. The van der Waals surface area contributed by atoms with E-state index in [4.69, 9.17) is 16.6 Å². The number of aromatic nitrogens is 3. The van der Waals surface area contributed by atoms with Gasteiger partial charge < -0.3 is 4.57 Å². The Morgan fingerprint density at radius 2 is 1.67 bits per heavy atom. The van der Waals surface area contributed by atoms with E-state index in [2.05, 4.69) is 57.5 Å². The minimum atomic E-state index is 0.707. The fourth-order valence-electron chi connectivity index (χ4n) is 3.39. The molecule has 0 unspecified atom stereocenters. The first-order valence-corrected chi connectivity index (χ1v) is 8.27. The SMILES string of the molecule is Clc1ccc2nc3c4ccccc4n(Cc4ccccc4)c3n2c1. The Labute approximate surface area is 143 Å². The molecule has 0 aliphatic heterocycles. The molecule has 0 saturated heterocycles. The zero-order valence-electron chi connectivity index (χ0n) is 12.9. The van der Waals surface area contributed by atoms with Crippen LogP contribution in [0.3, 0.4) is 0 Å². The Hall–Kier alpha value is -2.78. The average molecular weight is 332 g/mol. The Morgan fingerprint density at radius 1 is 0.875 bits per heavy atom. The molecule has 3 nitrogen and oxygen atoms in total. The molecule has 0 spiro atoms. The van der Waals surface area contributed by atoms with Crippen molar-refractivity contribution in [3.8, 4) is 0 Å². The molecule has 3 heterocycles. The number of nitrogens with zero attached hydrogens (tertiary/aromatic N) is 3. The van der Waals surface area contributed by atoms with Gasteiger partial charge in [0, 0.05) is 18.1 Å². The summed E-state index contributed by atoms with van der Waals surface area (Å²) in [7, 11) is 0. The maximum atomic E-state index is 6.23. The number of rotatable bonds is 2. The van der Waals surface area contributed by atoms with E-state index in [0.717, 1.165) is 23.4 Å². The van der Waals surface area contributed by atoms with Gasteiger partial charge in [0.2, 0.25) is 0 Å². The quantitative estimate of drug-likeness (QED) is 0.439. The van der Waals surface area contributed by atoms with Crippen LogP contribution in [0.25, 0.3) is 27.7 Å². The van der Waals surface area contributed by atoms with Crippen LogP contribution in [0.5, 0.6) is 0 Å². The van der Waals surface area contributed by atoms with Crippen LogP contribution >= 0.6 is 11.6 Å². The fraction of sp³-hybridized carbons (Fsp3) is 0.0500. The Bertz CT molecular complexity index is 1190. The van der Waals surface area contributed by atoms with Gasteiger partial charge in [0.1, 0.15) is 16.8 Å². The second kappa shape index (κ2) is 5.11. The summed E-state index contributed by atoms with van der Waals surface area (Å²) in [5.74, 6) is 0. The average Bonchev–Trinajstić information content (AvgIpc) is 3.12. The molecule has 116 valence electrons. The minimum absolute atomic E-state index is 0.707. The van der Waals surface area contributed by atoms with E-state index in [1.807, 2.05) is 24.4 Å². The van der Waals surface area contributed by atoms with Crippen molar-refractivity contribution >= 4 is 39.3 Å². The molecule has 4 heteroatoms. The van der Waals surface area contributed by atoms with Crippen LogP contribution in [0.4, 0.5) is 0 Å². The topological polar surface area (TPSA) is 22.2 Å². The number of pyridine rings is 1. The van der Waals surface area contributed by atoms with Crippen LogP contribution in [-0.2, 0) is 6.54 Å². The summed E-state index contributed by atoms with van der Waals surface area (Å²) in [5.41, 5.74) is 5.46. The highest BCUT2D eigenvalue weighted by atomic mass is 35.5. The predicted molar refractivity (Wildman–Crippen MR) is 98.7 cm³/mol. The molecule has 0 N–H and O–H groups in total. The van der Waals surface area contributed by atoms with Gasteiger partial charge in [-0.15, -0.1) is 0 Å². The van der Waals surface area contributed by atoms with E-state index >= 15 is 0 Å². The van der Waals surface area contributed by atoms with Crippen molar-refractivity contribution in [3.63, 3.8) is 0 Å². The summed E-state index contributed by atoms with van der Waals surface area (Å²) >= 11 is 6.23. The van der Waals surface area contributed by atoms with Gasteiger partial charge in [-0.1, -0.05) is 60.1 Å². The summed E-state index contributed by atoms with van der Waals surface area (Å²) in [6, 6.07) is 22.7. The maximum absolute atomic E-state index is 6.23. The fourth-order valence-corrected chi connectivity index (χ4v) is 3.55. The van der Waals surface area contributed by atoms with Crippen molar-refractivity contribution in [3.05, 3.63) is 83.5 Å². The van der Waals surface area contributed by atoms with Crippen LogP contribution in [-0.4, -0.2) is 14.0 Å². The van der Waals surface area contributed by atoms with Crippen molar-refractivity contribution in [1.82, 2.24) is 14.0 Å². The number of hydrogen-bond acceptors (Lipinski definition) is 1. The number of benzene rings is 2. The molecule has 0 amide bonds. The van der Waals surface area contributed by atoms with E-state index in [0.29, 0.717) is 5.02 Å². The molecular formula is C20H14ClN3. The van der Waals surface area contributed by atoms with Crippen molar-refractivity contribution < 1.29 is 0 Å². The molecule has 0 radical (unpaired) electrons.